The van der Waals surface area contributed by atoms with Gasteiger partial charge in [0, 0.05) is 48.4 Å². The average Bonchev–Trinajstić information content (AvgIpc) is 3.95. The Labute approximate surface area is 316 Å². The predicted molar refractivity (Wildman–Crippen MR) is 206 cm³/mol. The van der Waals surface area contributed by atoms with Gasteiger partial charge < -0.3 is 25.6 Å². The smallest absolute Gasteiger partial charge is 0.407 e. The molecule has 52 heavy (non-hydrogen) atoms. The summed E-state index contributed by atoms with van der Waals surface area (Å²) in [5.74, 6) is 0.00303. The summed E-state index contributed by atoms with van der Waals surface area (Å²) >= 11 is 4.44. The van der Waals surface area contributed by atoms with E-state index in [4.69, 9.17) is 4.74 Å². The van der Waals surface area contributed by atoms with Gasteiger partial charge in [0.2, 0.25) is 5.91 Å². The third-order valence-electron chi connectivity index (χ3n) is 8.33. The van der Waals surface area contributed by atoms with Crippen LogP contribution in [0.15, 0.2) is 88.6 Å². The number of aromatic nitrogens is 3. The summed E-state index contributed by atoms with van der Waals surface area (Å²) in [7, 11) is 1.70. The number of nitrogens with one attached hydrogen (secondary N) is 3. The molecule has 0 fully saturated rings. The van der Waals surface area contributed by atoms with E-state index in [-0.39, 0.29) is 37.0 Å². The van der Waals surface area contributed by atoms with Gasteiger partial charge in [0.25, 0.3) is 0 Å². The number of alkyl carbamates (subject to hydrolysis) is 1. The van der Waals surface area contributed by atoms with Gasteiger partial charge in [-0.05, 0) is 36.8 Å². The van der Waals surface area contributed by atoms with Crippen LogP contribution in [0, 0.1) is 0 Å². The fourth-order valence-corrected chi connectivity index (χ4v) is 7.50. The normalized spacial score (nSPS) is 12.8. The van der Waals surface area contributed by atoms with E-state index in [0.717, 1.165) is 32.4 Å². The van der Waals surface area contributed by atoms with Crippen molar-refractivity contribution in [2.75, 3.05) is 7.05 Å². The molecule has 0 saturated carbocycles. The Hall–Kier alpha value is -4.66. The zero-order chi connectivity index (χ0) is 36.7. The fourth-order valence-electron chi connectivity index (χ4n) is 5.60. The Morgan fingerprint density at radius 1 is 0.808 bits per heavy atom. The van der Waals surface area contributed by atoms with E-state index in [1.54, 1.807) is 35.6 Å². The zero-order valence-corrected chi connectivity index (χ0v) is 32.0. The molecule has 0 radical (unpaired) electrons. The van der Waals surface area contributed by atoms with Gasteiger partial charge in [-0.15, -0.1) is 34.0 Å². The maximum atomic E-state index is 14.1. The Kier molecular flexibility index (Phi) is 14.7. The Morgan fingerprint density at radius 3 is 2.06 bits per heavy atom. The molecule has 3 atom stereocenters. The highest BCUT2D eigenvalue weighted by Gasteiger charge is 2.27. The van der Waals surface area contributed by atoms with E-state index < -0.39 is 12.1 Å². The van der Waals surface area contributed by atoms with E-state index in [1.165, 1.54) is 27.6 Å². The highest BCUT2D eigenvalue weighted by molar-refractivity contribution is 7.10. The highest BCUT2D eigenvalue weighted by atomic mass is 32.1. The maximum Gasteiger partial charge on any atom is 0.407 e. The fraction of sp³-hybridized carbons (Fsp3) is 0.368. The first kappa shape index (κ1) is 38.6. The Balaban J connectivity index is 1.28. The van der Waals surface area contributed by atoms with Crippen LogP contribution < -0.4 is 16.0 Å². The lowest BCUT2D eigenvalue weighted by molar-refractivity contribution is -0.123. The minimum atomic E-state index is -0.864. The summed E-state index contributed by atoms with van der Waals surface area (Å²) in [6, 6.07) is 18.1. The number of amides is 4. The third kappa shape index (κ3) is 12.5. The first-order valence-corrected chi connectivity index (χ1v) is 19.9. The molecule has 11 nitrogen and oxygen atoms in total. The molecule has 3 aromatic heterocycles. The van der Waals surface area contributed by atoms with Crippen molar-refractivity contribution in [3.8, 4) is 0 Å². The minimum absolute atomic E-state index is 0.144. The highest BCUT2D eigenvalue weighted by Crippen LogP contribution is 2.20. The van der Waals surface area contributed by atoms with Crippen molar-refractivity contribution in [3.63, 3.8) is 0 Å². The van der Waals surface area contributed by atoms with Crippen LogP contribution in [0.4, 0.5) is 9.59 Å². The number of hydrogen-bond donors (Lipinski definition) is 3. The SMILES string of the molecule is CC(C)c1nc(CN(C)C(=O)NC(Cc2cscn2)C(=O)NC(CCC(Cc2ccccc2)NC(=O)OCc2cncs2)Cc2ccccc2)cs1. The number of thiazole rings is 3. The molecule has 0 aliphatic carbocycles. The predicted octanol–water partition coefficient (Wildman–Crippen LogP) is 6.98. The number of nitrogens with zero attached hydrogens (tertiary/aromatic N) is 4. The van der Waals surface area contributed by atoms with Crippen molar-refractivity contribution in [1.29, 1.82) is 0 Å². The average molecular weight is 760 g/mol. The van der Waals surface area contributed by atoms with Gasteiger partial charge in [-0.2, -0.15) is 0 Å². The van der Waals surface area contributed by atoms with Crippen molar-refractivity contribution in [2.45, 2.75) is 83.1 Å². The molecule has 14 heteroatoms. The van der Waals surface area contributed by atoms with Gasteiger partial charge in [0.15, 0.2) is 0 Å². The lowest BCUT2D eigenvalue weighted by Crippen LogP contribution is -2.53. The van der Waals surface area contributed by atoms with Crippen molar-refractivity contribution in [3.05, 3.63) is 121 Å². The van der Waals surface area contributed by atoms with Gasteiger partial charge in [-0.3, -0.25) is 9.78 Å². The summed E-state index contributed by atoms with van der Waals surface area (Å²) in [6.45, 7) is 4.64. The van der Waals surface area contributed by atoms with Crippen LogP contribution in [-0.2, 0) is 41.9 Å². The molecule has 0 aliphatic rings. The first-order valence-electron chi connectivity index (χ1n) is 17.2. The number of benzene rings is 2. The molecular weight excluding hydrogens is 715 g/mol. The van der Waals surface area contributed by atoms with Gasteiger partial charge in [-0.25, -0.2) is 19.6 Å². The molecule has 3 unspecified atom stereocenters. The van der Waals surface area contributed by atoms with Crippen LogP contribution in [0.25, 0.3) is 0 Å². The van der Waals surface area contributed by atoms with Crippen LogP contribution in [0.3, 0.4) is 0 Å². The number of carbonyl (C=O) groups excluding carboxylic acids is 3. The lowest BCUT2D eigenvalue weighted by Gasteiger charge is -2.27. The second-order valence-electron chi connectivity index (χ2n) is 12.9. The molecule has 5 aromatic rings. The van der Waals surface area contributed by atoms with Crippen molar-refractivity contribution in [1.82, 2.24) is 35.8 Å². The standard InChI is InChI=1S/C38H45N7O4S3/c1-26(2)36-42-32(23-51-36)20-45(3)37(47)44-34(18-31-22-50-25-40-31)35(46)41-29(16-27-10-6-4-7-11-27)14-15-30(17-28-12-8-5-9-13-28)43-38(48)49-21-33-19-39-24-52-33/h4-13,19,22-26,29-30,34H,14-18,20-21H2,1-3H3,(H,41,46)(H,43,48)(H,44,47). The number of rotatable bonds is 18. The van der Waals surface area contributed by atoms with Gasteiger partial charge in [0.05, 0.1) is 38.8 Å². The van der Waals surface area contributed by atoms with Crippen LogP contribution in [0.2, 0.25) is 0 Å². The number of ether oxygens (including phenoxy) is 1. The molecule has 0 bridgehead atoms. The van der Waals surface area contributed by atoms with E-state index in [9.17, 15) is 14.4 Å². The largest absolute Gasteiger partial charge is 0.444 e. The molecule has 4 amide bonds. The number of hydrogen-bond acceptors (Lipinski definition) is 10. The lowest BCUT2D eigenvalue weighted by atomic mass is 9.95. The second kappa shape index (κ2) is 19.8. The van der Waals surface area contributed by atoms with Gasteiger partial charge >= 0.3 is 12.1 Å². The quantitative estimate of drug-likeness (QED) is 0.0877. The first-order chi connectivity index (χ1) is 25.2. The Morgan fingerprint density at radius 2 is 1.48 bits per heavy atom. The summed E-state index contributed by atoms with van der Waals surface area (Å²) < 4.78 is 5.51. The molecule has 3 N–H and O–H groups in total. The molecule has 0 spiro atoms. The second-order valence-corrected chi connectivity index (χ2v) is 15.5. The van der Waals surface area contributed by atoms with E-state index in [1.807, 2.05) is 71.4 Å². The number of carbonyl (C=O) groups is 3. The summed E-state index contributed by atoms with van der Waals surface area (Å²) in [5, 5.41) is 14.1. The molecule has 5 rings (SSSR count). The number of urea groups is 1. The Bertz CT molecular complexity index is 1800. The molecule has 3 heterocycles. The molecular formula is C38H45N7O4S3. The molecule has 274 valence electrons. The van der Waals surface area contributed by atoms with Crippen molar-refractivity contribution < 1.29 is 19.1 Å². The summed E-state index contributed by atoms with van der Waals surface area (Å²) in [5.41, 5.74) is 7.08. The molecule has 2 aromatic carbocycles. The van der Waals surface area contributed by atoms with E-state index in [0.29, 0.717) is 38.1 Å². The van der Waals surface area contributed by atoms with E-state index >= 15 is 0 Å². The minimum Gasteiger partial charge on any atom is -0.444 e. The summed E-state index contributed by atoms with van der Waals surface area (Å²) in [6.07, 6.45) is 3.71. The maximum absolute atomic E-state index is 14.1. The monoisotopic (exact) mass is 759 g/mol. The summed E-state index contributed by atoms with van der Waals surface area (Å²) in [4.78, 5) is 56.0. The van der Waals surface area contributed by atoms with Crippen LogP contribution in [0.5, 0.6) is 0 Å². The van der Waals surface area contributed by atoms with E-state index in [2.05, 4.69) is 44.7 Å². The zero-order valence-electron chi connectivity index (χ0n) is 29.6. The topological polar surface area (TPSA) is 138 Å². The molecule has 0 saturated heterocycles. The van der Waals surface area contributed by atoms with Gasteiger partial charge in [-0.1, -0.05) is 74.5 Å². The third-order valence-corrected chi connectivity index (χ3v) is 10.9. The van der Waals surface area contributed by atoms with Crippen LogP contribution in [-0.4, -0.2) is 63.1 Å². The van der Waals surface area contributed by atoms with Crippen LogP contribution in [0.1, 0.15) is 65.0 Å². The molecule has 0 aliphatic heterocycles. The van der Waals surface area contributed by atoms with Crippen molar-refractivity contribution in [2.24, 2.45) is 0 Å². The van der Waals surface area contributed by atoms with Crippen LogP contribution >= 0.6 is 34.0 Å². The van der Waals surface area contributed by atoms with Gasteiger partial charge in [0.1, 0.15) is 12.6 Å². The van der Waals surface area contributed by atoms with Crippen molar-refractivity contribution >= 4 is 52.0 Å².